The van der Waals surface area contributed by atoms with Gasteiger partial charge in [-0.25, -0.2) is 4.79 Å². The van der Waals surface area contributed by atoms with E-state index in [0.717, 1.165) is 38.2 Å². The van der Waals surface area contributed by atoms with Crippen LogP contribution in [-0.2, 0) is 0 Å². The maximum Gasteiger partial charge on any atom is 0.317 e. The van der Waals surface area contributed by atoms with Crippen LogP contribution >= 0.6 is 0 Å². The van der Waals surface area contributed by atoms with Crippen LogP contribution in [-0.4, -0.2) is 37.6 Å². The lowest BCUT2D eigenvalue weighted by Gasteiger charge is -2.39. The minimum Gasteiger partial charge on any atom is -0.388 e. The smallest absolute Gasteiger partial charge is 0.317 e. The lowest BCUT2D eigenvalue weighted by atomic mass is 9.79. The summed E-state index contributed by atoms with van der Waals surface area (Å²) in [4.78, 5) is 13.5. The molecule has 2 aliphatic heterocycles. The van der Waals surface area contributed by atoms with Gasteiger partial charge in [-0.15, -0.1) is 0 Å². The van der Waals surface area contributed by atoms with Crippen molar-refractivity contribution in [3.8, 4) is 0 Å². The second-order valence-electron chi connectivity index (χ2n) is 4.71. The third-order valence-electron chi connectivity index (χ3n) is 3.46. The Kier molecular flexibility index (Phi) is 2.59. The van der Waals surface area contributed by atoms with Gasteiger partial charge in [-0.1, -0.05) is 6.58 Å². The van der Waals surface area contributed by atoms with Crippen LogP contribution in [0.25, 0.3) is 0 Å². The number of nitrogens with zero attached hydrogens (tertiary/aromatic N) is 1. The van der Waals surface area contributed by atoms with E-state index in [-0.39, 0.29) is 11.4 Å². The van der Waals surface area contributed by atoms with Crippen molar-refractivity contribution in [2.75, 3.05) is 26.7 Å². The van der Waals surface area contributed by atoms with E-state index in [1.54, 1.807) is 7.05 Å². The first-order valence-corrected chi connectivity index (χ1v) is 5.54. The molecule has 2 heterocycles. The molecule has 0 aromatic heterocycles. The predicted octanol–water partition coefficient (Wildman–Crippen LogP) is 0.915. The minimum atomic E-state index is 0.0478. The van der Waals surface area contributed by atoms with Gasteiger partial charge in [0.25, 0.3) is 0 Å². The Morgan fingerprint density at radius 1 is 1.67 bits per heavy atom. The van der Waals surface area contributed by atoms with Crippen LogP contribution in [0.4, 0.5) is 4.79 Å². The van der Waals surface area contributed by atoms with Crippen molar-refractivity contribution in [3.63, 3.8) is 0 Å². The molecule has 4 heteroatoms. The highest BCUT2D eigenvalue weighted by Gasteiger charge is 2.40. The highest BCUT2D eigenvalue weighted by Crippen LogP contribution is 2.38. The fourth-order valence-electron chi connectivity index (χ4n) is 2.72. The molecule has 1 unspecified atom stereocenters. The van der Waals surface area contributed by atoms with Gasteiger partial charge in [-0.3, -0.25) is 0 Å². The molecule has 1 spiro atoms. The van der Waals surface area contributed by atoms with E-state index in [9.17, 15) is 4.79 Å². The summed E-state index contributed by atoms with van der Waals surface area (Å²) in [6.45, 7) is 6.68. The van der Waals surface area contributed by atoms with Crippen LogP contribution in [0.5, 0.6) is 0 Å². The molecule has 2 saturated heterocycles. The van der Waals surface area contributed by atoms with Crippen LogP contribution < -0.4 is 10.6 Å². The number of nitrogens with one attached hydrogen (secondary N) is 2. The van der Waals surface area contributed by atoms with Crippen molar-refractivity contribution in [3.05, 3.63) is 12.3 Å². The molecule has 0 aliphatic carbocycles. The Bertz CT molecular complexity index is 290. The van der Waals surface area contributed by atoms with Gasteiger partial charge in [0.1, 0.15) is 0 Å². The number of hydrogen-bond donors (Lipinski definition) is 2. The number of carbonyl (C=O) groups is 1. The highest BCUT2D eigenvalue weighted by atomic mass is 16.2. The number of allylic oxidation sites excluding steroid dienone is 1. The Balaban J connectivity index is 2.04. The first-order valence-electron chi connectivity index (χ1n) is 5.54. The predicted molar refractivity (Wildman–Crippen MR) is 59.5 cm³/mol. The van der Waals surface area contributed by atoms with Gasteiger partial charge in [0.2, 0.25) is 0 Å². The topological polar surface area (TPSA) is 44.4 Å². The molecular formula is C11H19N3O. The first kappa shape index (κ1) is 10.3. The van der Waals surface area contributed by atoms with Crippen LogP contribution in [0.2, 0.25) is 0 Å². The Labute approximate surface area is 90.7 Å². The molecule has 15 heavy (non-hydrogen) atoms. The van der Waals surface area contributed by atoms with E-state index in [0.29, 0.717) is 0 Å². The number of carbonyl (C=O) groups excluding carboxylic acids is 1. The molecule has 2 rings (SSSR count). The molecular weight excluding hydrogens is 190 g/mol. The zero-order chi connectivity index (χ0) is 10.9. The minimum absolute atomic E-state index is 0.0478. The number of amides is 2. The molecule has 0 saturated carbocycles. The van der Waals surface area contributed by atoms with Gasteiger partial charge in [-0.2, -0.15) is 0 Å². The summed E-state index contributed by atoms with van der Waals surface area (Å²) in [6, 6.07) is 0.0478. The van der Waals surface area contributed by atoms with E-state index in [1.165, 1.54) is 6.42 Å². The summed E-state index contributed by atoms with van der Waals surface area (Å²) in [5.74, 6) is 0. The number of likely N-dealkylation sites (tertiary alicyclic amines) is 1. The third-order valence-corrected chi connectivity index (χ3v) is 3.46. The molecule has 0 aromatic carbocycles. The van der Waals surface area contributed by atoms with E-state index in [2.05, 4.69) is 17.2 Å². The van der Waals surface area contributed by atoms with Gasteiger partial charge in [-0.05, 0) is 19.3 Å². The fourth-order valence-corrected chi connectivity index (χ4v) is 2.72. The standard InChI is InChI=1S/C11H19N3O/c1-9-6-11(7-13-9)4-3-5-14(8-11)10(15)12-2/h13H,1,3-8H2,2H3,(H,12,15). The maximum atomic E-state index is 11.6. The summed E-state index contributed by atoms with van der Waals surface area (Å²) in [5, 5.41) is 6.00. The van der Waals surface area contributed by atoms with E-state index < -0.39 is 0 Å². The molecule has 0 radical (unpaired) electrons. The van der Waals surface area contributed by atoms with Crippen molar-refractivity contribution in [1.82, 2.24) is 15.5 Å². The summed E-state index contributed by atoms with van der Waals surface area (Å²) >= 11 is 0. The van der Waals surface area contributed by atoms with Gasteiger partial charge < -0.3 is 15.5 Å². The first-order chi connectivity index (χ1) is 7.15. The largest absolute Gasteiger partial charge is 0.388 e. The van der Waals surface area contributed by atoms with Crippen LogP contribution in [0.1, 0.15) is 19.3 Å². The molecule has 0 bridgehead atoms. The summed E-state index contributed by atoms with van der Waals surface area (Å²) in [5.41, 5.74) is 1.37. The van der Waals surface area contributed by atoms with Gasteiger partial charge in [0.05, 0.1) is 0 Å². The SMILES string of the molecule is C=C1CC2(CCCN(C(=O)NC)C2)CN1. The molecule has 4 nitrogen and oxygen atoms in total. The average molecular weight is 209 g/mol. The molecule has 2 amide bonds. The number of rotatable bonds is 0. The molecule has 2 N–H and O–H groups in total. The Hall–Kier alpha value is -1.19. The molecule has 2 fully saturated rings. The van der Waals surface area contributed by atoms with Crippen molar-refractivity contribution >= 4 is 6.03 Å². The monoisotopic (exact) mass is 209 g/mol. The number of hydrogen-bond acceptors (Lipinski definition) is 2. The van der Waals surface area contributed by atoms with Crippen LogP contribution in [0, 0.1) is 5.41 Å². The van der Waals surface area contributed by atoms with E-state index in [4.69, 9.17) is 0 Å². The molecule has 2 aliphatic rings. The Morgan fingerprint density at radius 2 is 2.47 bits per heavy atom. The molecule has 1 atom stereocenters. The molecule has 84 valence electrons. The number of piperidine rings is 1. The number of urea groups is 1. The van der Waals surface area contributed by atoms with Crippen molar-refractivity contribution in [2.45, 2.75) is 19.3 Å². The molecule has 0 aromatic rings. The van der Waals surface area contributed by atoms with E-state index in [1.807, 2.05) is 4.90 Å². The Morgan fingerprint density at radius 3 is 3.07 bits per heavy atom. The van der Waals surface area contributed by atoms with Crippen molar-refractivity contribution < 1.29 is 4.79 Å². The van der Waals surface area contributed by atoms with Gasteiger partial charge >= 0.3 is 6.03 Å². The average Bonchev–Trinajstić information content (AvgIpc) is 2.59. The summed E-state index contributed by atoms with van der Waals surface area (Å²) in [7, 11) is 1.69. The van der Waals surface area contributed by atoms with Crippen molar-refractivity contribution in [2.24, 2.45) is 5.41 Å². The van der Waals surface area contributed by atoms with Crippen LogP contribution in [0.15, 0.2) is 12.3 Å². The summed E-state index contributed by atoms with van der Waals surface area (Å²) < 4.78 is 0. The zero-order valence-corrected chi connectivity index (χ0v) is 9.31. The fraction of sp³-hybridized carbons (Fsp3) is 0.727. The lowest BCUT2D eigenvalue weighted by molar-refractivity contribution is 0.120. The highest BCUT2D eigenvalue weighted by molar-refractivity contribution is 5.74. The van der Waals surface area contributed by atoms with Crippen molar-refractivity contribution in [1.29, 1.82) is 0 Å². The second-order valence-corrected chi connectivity index (χ2v) is 4.71. The van der Waals surface area contributed by atoms with Crippen LogP contribution in [0.3, 0.4) is 0 Å². The third kappa shape index (κ3) is 1.94. The van der Waals surface area contributed by atoms with Gasteiger partial charge in [0.15, 0.2) is 0 Å². The maximum absolute atomic E-state index is 11.6. The lowest BCUT2D eigenvalue weighted by Crippen LogP contribution is -2.49. The quantitative estimate of drug-likeness (QED) is 0.623. The normalized spacial score (nSPS) is 30.5. The second kappa shape index (κ2) is 3.76. The van der Waals surface area contributed by atoms with Gasteiger partial charge in [0, 0.05) is 37.8 Å². The van der Waals surface area contributed by atoms with E-state index >= 15 is 0 Å². The zero-order valence-electron chi connectivity index (χ0n) is 9.31. The summed E-state index contributed by atoms with van der Waals surface area (Å²) in [6.07, 6.45) is 3.31.